The lowest BCUT2D eigenvalue weighted by Crippen LogP contribution is -2.27. The van der Waals surface area contributed by atoms with Gasteiger partial charge in [-0.1, -0.05) is 24.3 Å². The van der Waals surface area contributed by atoms with Crippen LogP contribution in [-0.2, 0) is 21.2 Å². The van der Waals surface area contributed by atoms with Gasteiger partial charge in [-0.3, -0.25) is 4.79 Å². The van der Waals surface area contributed by atoms with Crippen LogP contribution in [0.3, 0.4) is 0 Å². The summed E-state index contributed by atoms with van der Waals surface area (Å²) in [7, 11) is -3.78. The van der Waals surface area contributed by atoms with Crippen molar-refractivity contribution in [1.29, 1.82) is 0 Å². The van der Waals surface area contributed by atoms with Crippen molar-refractivity contribution < 1.29 is 17.6 Å². The monoisotopic (exact) mass is 350 g/mol. The average molecular weight is 350 g/mol. The third-order valence-corrected chi connectivity index (χ3v) is 4.53. The van der Waals surface area contributed by atoms with Gasteiger partial charge in [-0.2, -0.15) is 0 Å². The molecular weight excluding hydrogens is 331 g/mol. The van der Waals surface area contributed by atoms with E-state index in [4.69, 9.17) is 5.14 Å². The fraction of sp³-hybridized carbons (Fsp3) is 0.235. The van der Waals surface area contributed by atoms with Gasteiger partial charge in [0, 0.05) is 6.42 Å². The van der Waals surface area contributed by atoms with Gasteiger partial charge in [0.25, 0.3) is 0 Å². The number of carbonyl (C=O) groups excluding carboxylic acids is 1. The van der Waals surface area contributed by atoms with Gasteiger partial charge in [0.1, 0.15) is 5.82 Å². The molecule has 0 aromatic heterocycles. The molecule has 2 aromatic carbocycles. The Labute approximate surface area is 140 Å². The molecule has 0 bridgehead atoms. The van der Waals surface area contributed by atoms with E-state index in [0.717, 1.165) is 5.56 Å². The van der Waals surface area contributed by atoms with Crippen LogP contribution in [0.25, 0.3) is 0 Å². The first-order valence-corrected chi connectivity index (χ1v) is 8.97. The minimum Gasteiger partial charge on any atom is -0.350 e. The highest BCUT2D eigenvalue weighted by molar-refractivity contribution is 7.89. The van der Waals surface area contributed by atoms with Crippen LogP contribution < -0.4 is 10.5 Å². The predicted octanol–water partition coefficient (Wildman–Crippen LogP) is 2.28. The Morgan fingerprint density at radius 1 is 1.21 bits per heavy atom. The fourth-order valence-corrected chi connectivity index (χ4v) is 2.84. The molecule has 3 N–H and O–H groups in total. The number of nitrogens with one attached hydrogen (secondary N) is 1. The molecule has 5 nitrogen and oxygen atoms in total. The lowest BCUT2D eigenvalue weighted by atomic mass is 10.1. The maximum atomic E-state index is 12.8. The van der Waals surface area contributed by atoms with Crippen LogP contribution in [-0.4, -0.2) is 14.3 Å². The summed E-state index contributed by atoms with van der Waals surface area (Å²) in [4.78, 5) is 12.0. The molecule has 0 aliphatic rings. The maximum Gasteiger partial charge on any atom is 0.238 e. The molecule has 0 spiro atoms. The van der Waals surface area contributed by atoms with Gasteiger partial charge in [-0.05, 0) is 48.7 Å². The zero-order valence-electron chi connectivity index (χ0n) is 13.2. The number of hydrogen-bond donors (Lipinski definition) is 2. The van der Waals surface area contributed by atoms with E-state index >= 15 is 0 Å². The summed E-state index contributed by atoms with van der Waals surface area (Å²) in [6.07, 6.45) is 0.751. The minimum atomic E-state index is -3.78. The first-order valence-electron chi connectivity index (χ1n) is 7.42. The van der Waals surface area contributed by atoms with Gasteiger partial charge in [-0.15, -0.1) is 0 Å². The second kappa shape index (κ2) is 7.55. The largest absolute Gasteiger partial charge is 0.350 e. The zero-order chi connectivity index (χ0) is 17.7. The topological polar surface area (TPSA) is 89.3 Å². The molecule has 1 atom stereocenters. The summed E-state index contributed by atoms with van der Waals surface area (Å²) >= 11 is 0. The van der Waals surface area contributed by atoms with Crippen LogP contribution in [0.5, 0.6) is 0 Å². The van der Waals surface area contributed by atoms with Gasteiger partial charge in [0.05, 0.1) is 10.9 Å². The molecule has 0 heterocycles. The highest BCUT2D eigenvalue weighted by Gasteiger charge is 2.13. The van der Waals surface area contributed by atoms with Gasteiger partial charge in [-0.25, -0.2) is 17.9 Å². The number of benzene rings is 2. The predicted molar refractivity (Wildman–Crippen MR) is 89.1 cm³/mol. The van der Waals surface area contributed by atoms with E-state index in [9.17, 15) is 17.6 Å². The lowest BCUT2D eigenvalue weighted by molar-refractivity contribution is -0.121. The summed E-state index contributed by atoms with van der Waals surface area (Å²) in [5, 5.41) is 7.92. The molecule has 7 heteroatoms. The molecule has 0 saturated carbocycles. The van der Waals surface area contributed by atoms with Gasteiger partial charge < -0.3 is 5.32 Å². The molecule has 0 fully saturated rings. The average Bonchev–Trinajstić information content (AvgIpc) is 2.53. The van der Waals surface area contributed by atoms with Crippen LogP contribution in [0.1, 0.15) is 30.5 Å². The molecule has 2 aromatic rings. The molecular formula is C17H19FN2O3S. The number of carbonyl (C=O) groups is 1. The Balaban J connectivity index is 1.95. The van der Waals surface area contributed by atoms with E-state index in [-0.39, 0.29) is 29.1 Å². The van der Waals surface area contributed by atoms with Crippen LogP contribution in [0.2, 0.25) is 0 Å². The molecule has 128 valence electrons. The maximum absolute atomic E-state index is 12.8. The number of nitrogens with two attached hydrogens (primary N) is 1. The number of aryl methyl sites for hydroxylation is 1. The summed E-state index contributed by atoms with van der Waals surface area (Å²) in [6, 6.07) is 11.8. The Morgan fingerprint density at radius 2 is 1.88 bits per heavy atom. The Hall–Kier alpha value is -2.25. The summed E-state index contributed by atoms with van der Waals surface area (Å²) in [5.74, 6) is -0.487. The van der Waals surface area contributed by atoms with E-state index in [1.165, 1.54) is 24.3 Å². The number of sulfonamides is 1. The van der Waals surface area contributed by atoms with Crippen molar-refractivity contribution in [2.45, 2.75) is 30.7 Å². The summed E-state index contributed by atoms with van der Waals surface area (Å²) < 4.78 is 35.6. The molecule has 0 unspecified atom stereocenters. The van der Waals surface area contributed by atoms with E-state index in [2.05, 4.69) is 5.32 Å². The Bertz CT molecular complexity index is 820. The van der Waals surface area contributed by atoms with E-state index in [0.29, 0.717) is 12.0 Å². The quantitative estimate of drug-likeness (QED) is 0.837. The smallest absolute Gasteiger partial charge is 0.238 e. The SMILES string of the molecule is C[C@@H](NC(=O)CCc1ccc(F)cc1)c1cccc(S(N)(=O)=O)c1. The fourth-order valence-electron chi connectivity index (χ4n) is 2.27. The number of amides is 1. The highest BCUT2D eigenvalue weighted by atomic mass is 32.2. The van der Waals surface area contributed by atoms with Crippen molar-refractivity contribution >= 4 is 15.9 Å². The van der Waals surface area contributed by atoms with Gasteiger partial charge in [0.15, 0.2) is 0 Å². The molecule has 0 aliphatic carbocycles. The molecule has 0 saturated heterocycles. The van der Waals surface area contributed by atoms with Crippen LogP contribution in [0.4, 0.5) is 4.39 Å². The Morgan fingerprint density at radius 3 is 2.50 bits per heavy atom. The molecule has 2 rings (SSSR count). The van der Waals surface area contributed by atoms with Crippen molar-refractivity contribution in [1.82, 2.24) is 5.32 Å². The van der Waals surface area contributed by atoms with Crippen molar-refractivity contribution in [3.8, 4) is 0 Å². The number of hydrogen-bond acceptors (Lipinski definition) is 3. The summed E-state index contributed by atoms with van der Waals surface area (Å²) in [6.45, 7) is 1.76. The van der Waals surface area contributed by atoms with Crippen LogP contribution >= 0.6 is 0 Å². The van der Waals surface area contributed by atoms with Crippen LogP contribution in [0, 0.1) is 5.82 Å². The number of rotatable bonds is 6. The number of primary sulfonamides is 1. The van der Waals surface area contributed by atoms with Gasteiger partial charge >= 0.3 is 0 Å². The second-order valence-corrected chi connectivity index (χ2v) is 7.09. The molecule has 0 radical (unpaired) electrons. The van der Waals surface area contributed by atoms with Crippen molar-refractivity contribution in [2.24, 2.45) is 5.14 Å². The van der Waals surface area contributed by atoms with E-state index < -0.39 is 10.0 Å². The zero-order valence-corrected chi connectivity index (χ0v) is 14.0. The first kappa shape index (κ1) is 18.1. The third kappa shape index (κ3) is 5.14. The number of halogens is 1. The molecule has 0 aliphatic heterocycles. The van der Waals surface area contributed by atoms with E-state index in [1.54, 1.807) is 31.2 Å². The van der Waals surface area contributed by atoms with Crippen LogP contribution in [0.15, 0.2) is 53.4 Å². The third-order valence-electron chi connectivity index (χ3n) is 3.62. The normalized spacial score (nSPS) is 12.6. The van der Waals surface area contributed by atoms with E-state index in [1.807, 2.05) is 0 Å². The second-order valence-electron chi connectivity index (χ2n) is 5.53. The van der Waals surface area contributed by atoms with Crippen molar-refractivity contribution in [3.05, 3.63) is 65.5 Å². The Kier molecular flexibility index (Phi) is 5.69. The minimum absolute atomic E-state index is 0.00686. The summed E-state index contributed by atoms with van der Waals surface area (Å²) in [5.41, 5.74) is 1.52. The van der Waals surface area contributed by atoms with Crippen molar-refractivity contribution in [2.75, 3.05) is 0 Å². The highest BCUT2D eigenvalue weighted by Crippen LogP contribution is 2.17. The van der Waals surface area contributed by atoms with Crippen molar-refractivity contribution in [3.63, 3.8) is 0 Å². The molecule has 1 amide bonds. The first-order chi connectivity index (χ1) is 11.3. The lowest BCUT2D eigenvalue weighted by Gasteiger charge is -2.15. The molecule has 24 heavy (non-hydrogen) atoms. The van der Waals surface area contributed by atoms with Gasteiger partial charge in [0.2, 0.25) is 15.9 Å². The standard InChI is InChI=1S/C17H19FN2O3S/c1-12(14-3-2-4-16(11-14)24(19,22)23)20-17(21)10-7-13-5-8-15(18)9-6-13/h2-6,8-9,11-12H,7,10H2,1H3,(H,20,21)(H2,19,22,23)/t12-/m1/s1.